The van der Waals surface area contributed by atoms with E-state index in [2.05, 4.69) is 12.2 Å². The van der Waals surface area contributed by atoms with Gasteiger partial charge in [-0.1, -0.05) is 6.92 Å². The van der Waals surface area contributed by atoms with Gasteiger partial charge in [0.15, 0.2) is 0 Å². The maximum atomic E-state index is 12.1. The largest absolute Gasteiger partial charge is 0.497 e. The van der Waals surface area contributed by atoms with Gasteiger partial charge in [0.05, 0.1) is 20.8 Å². The van der Waals surface area contributed by atoms with Crippen LogP contribution in [0.25, 0.3) is 6.08 Å². The molecule has 0 aromatic heterocycles. The Bertz CT molecular complexity index is 723. The summed E-state index contributed by atoms with van der Waals surface area (Å²) in [7, 11) is 3.18. The Morgan fingerprint density at radius 3 is 2.40 bits per heavy atom. The Morgan fingerprint density at radius 2 is 1.76 bits per heavy atom. The zero-order chi connectivity index (χ0) is 18.1. The number of anilines is 1. The van der Waals surface area contributed by atoms with Gasteiger partial charge < -0.3 is 19.5 Å². The lowest BCUT2D eigenvalue weighted by molar-refractivity contribution is -0.111. The number of ether oxygens (including phenoxy) is 3. The molecular formula is C20H23NO4. The van der Waals surface area contributed by atoms with Crippen LogP contribution in [0.3, 0.4) is 0 Å². The summed E-state index contributed by atoms with van der Waals surface area (Å²) in [6.45, 7) is 2.73. The van der Waals surface area contributed by atoms with E-state index >= 15 is 0 Å². The van der Waals surface area contributed by atoms with Crippen LogP contribution in [0.4, 0.5) is 5.69 Å². The van der Waals surface area contributed by atoms with E-state index in [0.717, 1.165) is 17.7 Å². The Labute approximate surface area is 148 Å². The number of hydrogen-bond acceptors (Lipinski definition) is 4. The molecule has 0 aliphatic rings. The molecule has 1 N–H and O–H groups in total. The summed E-state index contributed by atoms with van der Waals surface area (Å²) in [6, 6.07) is 12.7. The molecule has 0 aliphatic heterocycles. The summed E-state index contributed by atoms with van der Waals surface area (Å²) in [5.41, 5.74) is 1.47. The highest BCUT2D eigenvalue weighted by Crippen LogP contribution is 2.25. The van der Waals surface area contributed by atoms with Gasteiger partial charge in [-0.15, -0.1) is 0 Å². The Hall–Kier alpha value is -2.95. The summed E-state index contributed by atoms with van der Waals surface area (Å²) >= 11 is 0. The molecule has 5 nitrogen and oxygen atoms in total. The predicted octanol–water partition coefficient (Wildman–Crippen LogP) is 4.14. The van der Waals surface area contributed by atoms with Crippen LogP contribution in [0.5, 0.6) is 17.2 Å². The number of hydrogen-bond donors (Lipinski definition) is 1. The Balaban J connectivity index is 2.01. The van der Waals surface area contributed by atoms with E-state index in [4.69, 9.17) is 14.2 Å². The maximum absolute atomic E-state index is 12.1. The van der Waals surface area contributed by atoms with Crippen LogP contribution in [0.2, 0.25) is 0 Å². The Morgan fingerprint density at radius 1 is 1.04 bits per heavy atom. The number of benzene rings is 2. The highest BCUT2D eigenvalue weighted by molar-refractivity contribution is 6.02. The van der Waals surface area contributed by atoms with Crippen molar-refractivity contribution in [2.24, 2.45) is 0 Å². The molecule has 0 radical (unpaired) electrons. The predicted molar refractivity (Wildman–Crippen MR) is 99.4 cm³/mol. The molecule has 2 aromatic carbocycles. The summed E-state index contributed by atoms with van der Waals surface area (Å²) in [5, 5.41) is 2.81. The van der Waals surface area contributed by atoms with E-state index in [0.29, 0.717) is 23.8 Å². The number of carbonyl (C=O) groups is 1. The summed E-state index contributed by atoms with van der Waals surface area (Å²) in [6.07, 6.45) is 4.10. The van der Waals surface area contributed by atoms with E-state index in [9.17, 15) is 4.79 Å². The zero-order valence-corrected chi connectivity index (χ0v) is 14.7. The summed E-state index contributed by atoms with van der Waals surface area (Å²) in [4.78, 5) is 12.1. The molecule has 0 spiro atoms. The van der Waals surface area contributed by atoms with Crippen molar-refractivity contribution in [1.29, 1.82) is 0 Å². The van der Waals surface area contributed by atoms with Gasteiger partial charge in [0.2, 0.25) is 5.91 Å². The van der Waals surface area contributed by atoms with Crippen molar-refractivity contribution in [1.82, 2.24) is 0 Å². The molecule has 0 bridgehead atoms. The van der Waals surface area contributed by atoms with Crippen molar-refractivity contribution in [3.8, 4) is 17.2 Å². The lowest BCUT2D eigenvalue weighted by atomic mass is 10.1. The minimum absolute atomic E-state index is 0.230. The van der Waals surface area contributed by atoms with Gasteiger partial charge >= 0.3 is 0 Å². The van der Waals surface area contributed by atoms with E-state index in [1.165, 1.54) is 6.08 Å². The molecule has 5 heteroatoms. The average molecular weight is 341 g/mol. The molecule has 0 fully saturated rings. The number of carbonyl (C=O) groups excluding carboxylic acids is 1. The molecule has 0 heterocycles. The lowest BCUT2D eigenvalue weighted by Gasteiger charge is -2.08. The SMILES string of the molecule is CCCOc1ccc(NC(=O)/C=C/c2cc(OC)ccc2OC)cc1. The van der Waals surface area contributed by atoms with Gasteiger partial charge in [0, 0.05) is 17.3 Å². The van der Waals surface area contributed by atoms with Crippen LogP contribution < -0.4 is 19.5 Å². The molecule has 1 amide bonds. The molecule has 0 unspecified atom stereocenters. The highest BCUT2D eigenvalue weighted by atomic mass is 16.5. The summed E-state index contributed by atoms with van der Waals surface area (Å²) in [5.74, 6) is 1.93. The van der Waals surface area contributed by atoms with Crippen molar-refractivity contribution in [2.75, 3.05) is 26.1 Å². The second-order valence-electron chi connectivity index (χ2n) is 5.30. The van der Waals surface area contributed by atoms with Crippen molar-refractivity contribution >= 4 is 17.7 Å². The minimum Gasteiger partial charge on any atom is -0.497 e. The van der Waals surface area contributed by atoms with Crippen molar-refractivity contribution in [3.05, 3.63) is 54.1 Å². The zero-order valence-electron chi connectivity index (χ0n) is 14.7. The van der Waals surface area contributed by atoms with Crippen LogP contribution in [0.15, 0.2) is 48.5 Å². The first kappa shape index (κ1) is 18.4. The molecule has 0 atom stereocenters. The third-order valence-electron chi connectivity index (χ3n) is 3.45. The van der Waals surface area contributed by atoms with Gasteiger partial charge in [-0.05, 0) is 55.0 Å². The molecule has 0 aliphatic carbocycles. The van der Waals surface area contributed by atoms with Crippen molar-refractivity contribution in [2.45, 2.75) is 13.3 Å². The van der Waals surface area contributed by atoms with E-state index in [-0.39, 0.29) is 5.91 Å². The second kappa shape index (κ2) is 9.37. The summed E-state index contributed by atoms with van der Waals surface area (Å²) < 4.78 is 16.0. The van der Waals surface area contributed by atoms with Gasteiger partial charge in [0.1, 0.15) is 17.2 Å². The van der Waals surface area contributed by atoms with Crippen LogP contribution >= 0.6 is 0 Å². The molecule has 2 aromatic rings. The smallest absolute Gasteiger partial charge is 0.248 e. The number of nitrogens with one attached hydrogen (secondary N) is 1. The van der Waals surface area contributed by atoms with Gasteiger partial charge in [-0.2, -0.15) is 0 Å². The van der Waals surface area contributed by atoms with Crippen LogP contribution in [-0.4, -0.2) is 26.7 Å². The number of amides is 1. The quantitative estimate of drug-likeness (QED) is 0.733. The molecule has 2 rings (SSSR count). The van der Waals surface area contributed by atoms with E-state index < -0.39 is 0 Å². The Kier molecular flexibility index (Phi) is 6.89. The van der Waals surface area contributed by atoms with E-state index in [1.807, 2.05) is 30.3 Å². The molecule has 0 saturated carbocycles. The maximum Gasteiger partial charge on any atom is 0.248 e. The number of methoxy groups -OCH3 is 2. The third-order valence-corrected chi connectivity index (χ3v) is 3.45. The minimum atomic E-state index is -0.230. The van der Waals surface area contributed by atoms with Crippen molar-refractivity contribution < 1.29 is 19.0 Å². The van der Waals surface area contributed by atoms with Gasteiger partial charge in [0.25, 0.3) is 0 Å². The van der Waals surface area contributed by atoms with Crippen LogP contribution in [0, 0.1) is 0 Å². The standard InChI is InChI=1S/C20H23NO4/c1-4-13-25-17-8-6-16(7-9-17)21-20(22)12-5-15-14-18(23-2)10-11-19(15)24-3/h5-12,14H,4,13H2,1-3H3,(H,21,22)/b12-5+. The molecule has 0 saturated heterocycles. The fraction of sp³-hybridized carbons (Fsp3) is 0.250. The fourth-order valence-corrected chi connectivity index (χ4v) is 2.17. The third kappa shape index (κ3) is 5.57. The van der Waals surface area contributed by atoms with E-state index in [1.54, 1.807) is 32.4 Å². The average Bonchev–Trinajstić information content (AvgIpc) is 2.65. The van der Waals surface area contributed by atoms with Crippen LogP contribution in [0.1, 0.15) is 18.9 Å². The first-order valence-corrected chi connectivity index (χ1v) is 8.10. The number of rotatable bonds is 8. The lowest BCUT2D eigenvalue weighted by Crippen LogP contribution is -2.07. The second-order valence-corrected chi connectivity index (χ2v) is 5.30. The highest BCUT2D eigenvalue weighted by Gasteiger charge is 2.04. The molecule has 25 heavy (non-hydrogen) atoms. The van der Waals surface area contributed by atoms with Gasteiger partial charge in [-0.3, -0.25) is 4.79 Å². The van der Waals surface area contributed by atoms with Gasteiger partial charge in [-0.25, -0.2) is 0 Å². The fourth-order valence-electron chi connectivity index (χ4n) is 2.17. The topological polar surface area (TPSA) is 56.8 Å². The van der Waals surface area contributed by atoms with Crippen LogP contribution in [-0.2, 0) is 4.79 Å². The van der Waals surface area contributed by atoms with Crippen molar-refractivity contribution in [3.63, 3.8) is 0 Å². The molecule has 132 valence electrons. The first-order valence-electron chi connectivity index (χ1n) is 8.10. The monoisotopic (exact) mass is 341 g/mol. The first-order chi connectivity index (χ1) is 12.2. The molecular weight excluding hydrogens is 318 g/mol. The normalized spacial score (nSPS) is 10.5.